The summed E-state index contributed by atoms with van der Waals surface area (Å²) in [7, 11) is 0. The summed E-state index contributed by atoms with van der Waals surface area (Å²) in [4.78, 5) is 55.5. The third-order valence-electron chi connectivity index (χ3n) is 12.7. The van der Waals surface area contributed by atoms with Crippen LogP contribution < -0.4 is 28.7 Å². The average Bonchev–Trinajstić information content (AvgIpc) is 3.75. The summed E-state index contributed by atoms with van der Waals surface area (Å²) < 4.78 is 140. The first kappa shape index (κ1) is 52.6. The summed E-state index contributed by atoms with van der Waals surface area (Å²) in [5.74, 6) is -8.09. The summed E-state index contributed by atoms with van der Waals surface area (Å²) in [6.45, 7) is 0.499. The molecule has 2 aliphatic rings. The van der Waals surface area contributed by atoms with Crippen molar-refractivity contribution in [1.29, 1.82) is 0 Å². The van der Waals surface area contributed by atoms with Crippen molar-refractivity contribution in [3.8, 4) is 23.0 Å². The van der Waals surface area contributed by atoms with Gasteiger partial charge in [0, 0.05) is 28.0 Å². The minimum absolute atomic E-state index is 0.0104. The number of benzene rings is 6. The maximum atomic E-state index is 16.4. The summed E-state index contributed by atoms with van der Waals surface area (Å²) in [5.41, 5.74) is -4.72. The Kier molecular flexibility index (Phi) is 14.4. The molecule has 0 spiro atoms. The molecule has 3 unspecified atom stereocenters. The Labute approximate surface area is 415 Å². The molecule has 6 aromatic rings. The molecule has 3 atom stereocenters. The standard InChI is InChI=1S/C52H44F8N2O12/c1-4-50(49(68)69,27-16-18-35(33(54)23-27)62-46(65)38-40(48(62)67)44(74-25-52(58,59)60)31-14-10-8-12-29(31)42(38)71-6-3)19-20-72-36(63)22-26-15-17-34(32(53)21-26)61-45(64)37-39(47(61)66)43(73-24-51(55,56)57)30-13-9-7-11-28(30)41(37)70-5-2/h7-18,21,23,45,48,64,67H,4-6,19-20,22,24-25H2,1-3H3,(H,68,69). The molecule has 0 radical (unpaired) electrons. The lowest BCUT2D eigenvalue weighted by Crippen LogP contribution is -2.37. The molecule has 0 bridgehead atoms. The first-order valence-corrected chi connectivity index (χ1v) is 22.9. The maximum absolute atomic E-state index is 16.4. The van der Waals surface area contributed by atoms with Gasteiger partial charge in [0.25, 0.3) is 11.8 Å². The monoisotopic (exact) mass is 1040 g/mol. The quantitative estimate of drug-likeness (QED) is 0.0548. The number of alkyl halides is 6. The van der Waals surface area contributed by atoms with E-state index in [9.17, 15) is 60.8 Å². The van der Waals surface area contributed by atoms with Crippen LogP contribution in [-0.2, 0) is 26.2 Å². The highest BCUT2D eigenvalue weighted by Gasteiger charge is 2.47. The Balaban J connectivity index is 0.997. The van der Waals surface area contributed by atoms with Crippen LogP contribution in [0.4, 0.5) is 46.5 Å². The molecule has 22 heteroatoms. The maximum Gasteiger partial charge on any atom is 0.422 e. The number of carboxylic acid groups (broad SMARTS) is 1. The molecule has 6 aromatic carbocycles. The van der Waals surface area contributed by atoms with Crippen molar-refractivity contribution in [2.24, 2.45) is 0 Å². The number of aliphatic hydroxyl groups is 2. The highest BCUT2D eigenvalue weighted by molar-refractivity contribution is 6.18. The van der Waals surface area contributed by atoms with Crippen LogP contribution in [0.1, 0.15) is 89.0 Å². The Morgan fingerprint density at radius 1 is 0.608 bits per heavy atom. The zero-order valence-electron chi connectivity index (χ0n) is 39.3. The van der Waals surface area contributed by atoms with E-state index < -0.39 is 132 Å². The smallest absolute Gasteiger partial charge is 0.422 e. The molecular formula is C52H44F8N2O12. The van der Waals surface area contributed by atoms with Crippen LogP contribution in [0.3, 0.4) is 0 Å². The van der Waals surface area contributed by atoms with E-state index in [-0.39, 0.29) is 74.9 Å². The van der Waals surface area contributed by atoms with Gasteiger partial charge in [-0.2, -0.15) is 26.3 Å². The zero-order valence-corrected chi connectivity index (χ0v) is 39.3. The number of aliphatic hydroxyl groups excluding tert-OH is 2. The molecule has 0 fully saturated rings. The van der Waals surface area contributed by atoms with Gasteiger partial charge in [0.1, 0.15) is 34.6 Å². The molecule has 0 aliphatic carbocycles. The van der Waals surface area contributed by atoms with Crippen molar-refractivity contribution in [2.45, 2.75) is 70.3 Å². The van der Waals surface area contributed by atoms with Gasteiger partial charge in [0.05, 0.1) is 65.3 Å². The number of anilines is 2. The molecule has 2 heterocycles. The molecule has 390 valence electrons. The highest BCUT2D eigenvalue weighted by atomic mass is 19.4. The Bertz CT molecular complexity index is 3220. The number of amides is 2. The largest absolute Gasteiger partial charge is 0.493 e. The van der Waals surface area contributed by atoms with E-state index >= 15 is 8.78 Å². The van der Waals surface area contributed by atoms with Crippen LogP contribution in [0.5, 0.6) is 23.0 Å². The van der Waals surface area contributed by atoms with Crippen LogP contribution in [0.15, 0.2) is 84.9 Å². The van der Waals surface area contributed by atoms with E-state index in [1.807, 2.05) is 0 Å². The third-order valence-corrected chi connectivity index (χ3v) is 12.7. The normalized spacial score (nSPS) is 16.3. The van der Waals surface area contributed by atoms with Crippen LogP contribution in [-0.4, -0.2) is 84.5 Å². The number of carboxylic acids is 1. The lowest BCUT2D eigenvalue weighted by atomic mass is 9.75. The van der Waals surface area contributed by atoms with Gasteiger partial charge in [0.2, 0.25) is 0 Å². The van der Waals surface area contributed by atoms with Gasteiger partial charge in [-0.15, -0.1) is 0 Å². The first-order valence-electron chi connectivity index (χ1n) is 22.9. The molecule has 0 aromatic heterocycles. The van der Waals surface area contributed by atoms with E-state index in [4.69, 9.17) is 23.7 Å². The van der Waals surface area contributed by atoms with Gasteiger partial charge in [0.15, 0.2) is 25.7 Å². The zero-order chi connectivity index (χ0) is 53.6. The van der Waals surface area contributed by atoms with E-state index in [1.165, 1.54) is 55.5 Å². The Hall–Kier alpha value is -7.72. The van der Waals surface area contributed by atoms with Gasteiger partial charge >= 0.3 is 24.3 Å². The third kappa shape index (κ3) is 9.54. The molecular weight excluding hydrogens is 997 g/mol. The van der Waals surface area contributed by atoms with Gasteiger partial charge in [-0.25, -0.2) is 8.78 Å². The van der Waals surface area contributed by atoms with Crippen molar-refractivity contribution in [2.75, 3.05) is 42.8 Å². The minimum Gasteiger partial charge on any atom is -0.493 e. The molecule has 3 N–H and O–H groups in total. The number of carbonyl (C=O) groups excluding carboxylic acids is 3. The van der Waals surface area contributed by atoms with Gasteiger partial charge in [-0.3, -0.25) is 29.0 Å². The van der Waals surface area contributed by atoms with Crippen molar-refractivity contribution >= 4 is 56.7 Å². The lowest BCUT2D eigenvalue weighted by molar-refractivity contribution is -0.154. The van der Waals surface area contributed by atoms with Crippen LogP contribution in [0.25, 0.3) is 21.5 Å². The van der Waals surface area contributed by atoms with E-state index in [2.05, 4.69) is 0 Å². The molecule has 8 rings (SSSR count). The van der Waals surface area contributed by atoms with Crippen LogP contribution in [0, 0.1) is 11.6 Å². The van der Waals surface area contributed by atoms with Gasteiger partial charge in [-0.05, 0) is 55.7 Å². The fraction of sp³-hybridized carbons (Fsp3) is 0.308. The number of hydrogen-bond acceptors (Lipinski definition) is 11. The Morgan fingerprint density at radius 2 is 1.04 bits per heavy atom. The van der Waals surface area contributed by atoms with Crippen molar-refractivity contribution < 1.29 is 93.3 Å². The summed E-state index contributed by atoms with van der Waals surface area (Å²) >= 11 is 0. The SMILES string of the molecule is CCOc1c2c(c(OCC(F)(F)F)c3ccccc13)C(O)N(c1ccc(C(CC)(CCOC(=O)Cc3ccc(N4C(=O)c5c(c(OCC)c6ccccc6c5OCC(F)(F)F)C4O)c(F)c3)C(=O)O)cc1F)C2=O. The number of halogens is 8. The molecule has 2 amide bonds. The second-order valence-electron chi connectivity index (χ2n) is 17.1. The number of hydrogen-bond donors (Lipinski definition) is 3. The van der Waals surface area contributed by atoms with E-state index in [1.54, 1.807) is 26.0 Å². The number of fused-ring (bicyclic) bond motifs is 4. The summed E-state index contributed by atoms with van der Waals surface area (Å²) in [6, 6.07) is 18.0. The molecule has 0 saturated carbocycles. The van der Waals surface area contributed by atoms with Crippen molar-refractivity contribution in [1.82, 2.24) is 0 Å². The molecule has 74 heavy (non-hydrogen) atoms. The lowest BCUT2D eigenvalue weighted by Gasteiger charge is -2.30. The number of aliphatic carboxylic acids is 1. The molecule has 14 nitrogen and oxygen atoms in total. The van der Waals surface area contributed by atoms with Gasteiger partial charge in [-0.1, -0.05) is 67.6 Å². The number of carbonyl (C=O) groups is 4. The topological polar surface area (TPSA) is 182 Å². The molecule has 0 saturated heterocycles. The number of esters is 1. The predicted molar refractivity (Wildman–Crippen MR) is 249 cm³/mol. The highest BCUT2D eigenvalue weighted by Crippen LogP contribution is 2.53. The second kappa shape index (κ2) is 20.3. The summed E-state index contributed by atoms with van der Waals surface area (Å²) in [6.07, 6.45) is -15.0. The average molecular weight is 1040 g/mol. The first-order chi connectivity index (χ1) is 35.1. The minimum atomic E-state index is -4.83. The van der Waals surface area contributed by atoms with E-state index in [0.29, 0.717) is 9.80 Å². The number of ether oxygens (including phenoxy) is 5. The van der Waals surface area contributed by atoms with Gasteiger partial charge < -0.3 is 39.0 Å². The van der Waals surface area contributed by atoms with Crippen molar-refractivity contribution in [3.05, 3.63) is 130 Å². The van der Waals surface area contributed by atoms with Crippen LogP contribution in [0.2, 0.25) is 0 Å². The second-order valence-corrected chi connectivity index (χ2v) is 17.1. The number of nitrogens with zero attached hydrogens (tertiary/aromatic N) is 2. The molecule has 2 aliphatic heterocycles. The Morgan fingerprint density at radius 3 is 1.49 bits per heavy atom. The predicted octanol–water partition coefficient (Wildman–Crippen LogP) is 10.2. The van der Waals surface area contributed by atoms with Crippen molar-refractivity contribution in [3.63, 3.8) is 0 Å². The summed E-state index contributed by atoms with van der Waals surface area (Å²) in [5, 5.41) is 34.2. The number of rotatable bonds is 18. The fourth-order valence-corrected chi connectivity index (χ4v) is 9.44. The van der Waals surface area contributed by atoms with E-state index in [0.717, 1.165) is 24.3 Å². The fourth-order valence-electron chi connectivity index (χ4n) is 9.44. The van der Waals surface area contributed by atoms with Crippen LogP contribution >= 0.6 is 0 Å².